The summed E-state index contributed by atoms with van der Waals surface area (Å²) in [5.74, 6) is 0.131. The number of Topliss-reactive ketones (excluding diaryl/α,β-unsaturated/α-hetero) is 1. The van der Waals surface area contributed by atoms with Crippen LogP contribution in [0.1, 0.15) is 12.5 Å². The number of quaternary nitrogens is 1. The molecule has 0 saturated heterocycles. The van der Waals surface area contributed by atoms with Crippen molar-refractivity contribution in [2.75, 3.05) is 0 Å². The second kappa shape index (κ2) is 6.20. The maximum atomic E-state index is 11.3. The maximum Gasteiger partial charge on any atom is 0.172 e. The van der Waals surface area contributed by atoms with E-state index in [-0.39, 0.29) is 5.78 Å². The molecule has 0 fully saturated rings. The maximum absolute atomic E-state index is 11.3. The highest BCUT2D eigenvalue weighted by Crippen LogP contribution is 2.27. The lowest BCUT2D eigenvalue weighted by atomic mass is 10.1. The first-order valence-electron chi connectivity index (χ1n) is 5.94. The summed E-state index contributed by atoms with van der Waals surface area (Å²) in [7, 11) is 0. The number of benzene rings is 2. The molecule has 0 aliphatic carbocycles. The highest BCUT2D eigenvalue weighted by Gasteiger charge is 2.14. The van der Waals surface area contributed by atoms with Crippen molar-refractivity contribution in [2.45, 2.75) is 13.3 Å². The zero-order valence-electron chi connectivity index (χ0n) is 10.5. The molecule has 0 heterocycles. The highest BCUT2D eigenvalue weighted by molar-refractivity contribution is 6.38. The van der Waals surface area contributed by atoms with Gasteiger partial charge in [0.25, 0.3) is 0 Å². The summed E-state index contributed by atoms with van der Waals surface area (Å²) < 4.78 is 0. The Balaban J connectivity index is 2.36. The van der Waals surface area contributed by atoms with E-state index in [1.807, 2.05) is 35.6 Å². The lowest BCUT2D eigenvalue weighted by Gasteiger charge is -2.08. The number of halogens is 2. The molecule has 0 aromatic heterocycles. The molecule has 0 bridgehead atoms. The molecule has 0 saturated carbocycles. The van der Waals surface area contributed by atoms with Gasteiger partial charge < -0.3 is 0 Å². The summed E-state index contributed by atoms with van der Waals surface area (Å²) in [6.07, 6.45) is 0.411. The molecule has 19 heavy (non-hydrogen) atoms. The third kappa shape index (κ3) is 3.57. The number of hydrogen-bond donors (Lipinski definition) is 1. The molecule has 2 nitrogen and oxygen atoms in total. The molecule has 0 unspecified atom stereocenters. The Morgan fingerprint density at radius 1 is 1.05 bits per heavy atom. The van der Waals surface area contributed by atoms with Crippen molar-refractivity contribution < 1.29 is 10.1 Å². The smallest absolute Gasteiger partial charge is 0.172 e. The number of carbonyl (C=O) groups excluding carboxylic acids is 1. The van der Waals surface area contributed by atoms with Gasteiger partial charge in [0.05, 0.1) is 0 Å². The third-order valence-corrected chi connectivity index (χ3v) is 3.45. The van der Waals surface area contributed by atoms with Gasteiger partial charge in [-0.3, -0.25) is 10.1 Å². The van der Waals surface area contributed by atoms with Crippen molar-refractivity contribution in [2.24, 2.45) is 0 Å². The Bertz CT molecular complexity index is 591. The Hall–Kier alpha value is -1.35. The molecule has 0 aliphatic heterocycles. The number of nitrogens with two attached hydrogens (primary N) is 1. The summed E-state index contributed by atoms with van der Waals surface area (Å²) in [6, 6.07) is 13.2. The molecule has 2 N–H and O–H groups in total. The Morgan fingerprint density at radius 3 is 2.32 bits per heavy atom. The summed E-state index contributed by atoms with van der Waals surface area (Å²) in [5, 5.41) is 3.12. The van der Waals surface area contributed by atoms with Crippen LogP contribution in [0.2, 0.25) is 10.0 Å². The molecule has 2 aromatic carbocycles. The normalized spacial score (nSPS) is 10.5. The first-order chi connectivity index (χ1) is 9.08. The van der Waals surface area contributed by atoms with Crippen LogP contribution in [0.3, 0.4) is 0 Å². The molecule has 0 spiro atoms. The van der Waals surface area contributed by atoms with Gasteiger partial charge in [0.1, 0.15) is 21.5 Å². The average molecular weight is 295 g/mol. The number of rotatable bonds is 4. The van der Waals surface area contributed by atoms with Crippen LogP contribution in [-0.4, -0.2) is 5.78 Å². The van der Waals surface area contributed by atoms with Crippen molar-refractivity contribution in [1.29, 1.82) is 0 Å². The number of carbonyl (C=O) groups is 1. The van der Waals surface area contributed by atoms with E-state index in [4.69, 9.17) is 23.2 Å². The highest BCUT2D eigenvalue weighted by atomic mass is 35.5. The van der Waals surface area contributed by atoms with E-state index in [0.29, 0.717) is 16.5 Å². The molecule has 4 heteroatoms. The first-order valence-corrected chi connectivity index (χ1v) is 6.69. The van der Waals surface area contributed by atoms with Crippen LogP contribution >= 0.6 is 23.2 Å². The van der Waals surface area contributed by atoms with E-state index in [9.17, 15) is 4.79 Å². The summed E-state index contributed by atoms with van der Waals surface area (Å²) in [4.78, 5) is 11.3. The molecule has 0 amide bonds. The minimum absolute atomic E-state index is 0.131. The van der Waals surface area contributed by atoms with Crippen molar-refractivity contribution in [3.8, 4) is 0 Å². The van der Waals surface area contributed by atoms with E-state index in [1.165, 1.54) is 0 Å². The topological polar surface area (TPSA) is 33.7 Å². The SMILES string of the molecule is CC(=O)Cc1ccccc1[NH2+]c1c(Cl)cccc1Cl. The zero-order valence-corrected chi connectivity index (χ0v) is 12.0. The average Bonchev–Trinajstić information content (AvgIpc) is 2.35. The van der Waals surface area contributed by atoms with Gasteiger partial charge >= 0.3 is 0 Å². The Morgan fingerprint density at radius 2 is 1.68 bits per heavy atom. The van der Waals surface area contributed by atoms with Gasteiger partial charge in [0.2, 0.25) is 0 Å². The van der Waals surface area contributed by atoms with Crippen molar-refractivity contribution >= 4 is 40.4 Å². The fraction of sp³-hybridized carbons (Fsp3) is 0.133. The van der Waals surface area contributed by atoms with E-state index in [0.717, 1.165) is 16.9 Å². The lowest BCUT2D eigenvalue weighted by Crippen LogP contribution is -2.72. The third-order valence-electron chi connectivity index (χ3n) is 2.79. The molecule has 0 radical (unpaired) electrons. The minimum atomic E-state index is 0.131. The largest absolute Gasteiger partial charge is 0.300 e. The standard InChI is InChI=1S/C15H13Cl2NO/c1-10(19)9-11-5-2-3-8-14(11)18-15-12(16)6-4-7-13(15)17/h2-8,18H,9H2,1H3/p+1. The summed E-state index contributed by atoms with van der Waals surface area (Å²) >= 11 is 12.3. The number of ketones is 1. The van der Waals surface area contributed by atoms with Gasteiger partial charge in [-0.2, -0.15) is 0 Å². The zero-order chi connectivity index (χ0) is 13.8. The fourth-order valence-corrected chi connectivity index (χ4v) is 2.41. The van der Waals surface area contributed by atoms with Gasteiger partial charge in [-0.15, -0.1) is 0 Å². The van der Waals surface area contributed by atoms with Gasteiger partial charge in [0.15, 0.2) is 5.69 Å². The van der Waals surface area contributed by atoms with Crippen LogP contribution in [0.15, 0.2) is 42.5 Å². The van der Waals surface area contributed by atoms with Crippen LogP contribution in [-0.2, 0) is 11.2 Å². The van der Waals surface area contributed by atoms with Gasteiger partial charge in [-0.25, -0.2) is 0 Å². The number of hydrogen-bond acceptors (Lipinski definition) is 1. The predicted molar refractivity (Wildman–Crippen MR) is 78.5 cm³/mol. The Labute approximate surface area is 122 Å². The molecular weight excluding hydrogens is 281 g/mol. The molecule has 2 aromatic rings. The van der Waals surface area contributed by atoms with Gasteiger partial charge in [-0.05, 0) is 25.1 Å². The lowest BCUT2D eigenvalue weighted by molar-refractivity contribution is -0.479. The molecular formula is C15H14Cl2NO+. The molecule has 2 rings (SSSR count). The van der Waals surface area contributed by atoms with Crippen LogP contribution in [0.5, 0.6) is 0 Å². The van der Waals surface area contributed by atoms with Crippen LogP contribution in [0.4, 0.5) is 11.4 Å². The van der Waals surface area contributed by atoms with Crippen LogP contribution in [0, 0.1) is 0 Å². The summed E-state index contributed by atoms with van der Waals surface area (Å²) in [5.41, 5.74) is 2.72. The molecule has 0 atom stereocenters. The van der Waals surface area contributed by atoms with E-state index in [1.54, 1.807) is 19.1 Å². The molecule has 98 valence electrons. The van der Waals surface area contributed by atoms with Crippen LogP contribution in [0.25, 0.3) is 0 Å². The Kier molecular flexibility index (Phi) is 4.59. The van der Waals surface area contributed by atoms with E-state index >= 15 is 0 Å². The van der Waals surface area contributed by atoms with Gasteiger partial charge in [-0.1, -0.05) is 47.5 Å². The molecule has 0 aliphatic rings. The van der Waals surface area contributed by atoms with Crippen molar-refractivity contribution in [3.63, 3.8) is 0 Å². The predicted octanol–water partition coefficient (Wildman–Crippen LogP) is 3.65. The van der Waals surface area contributed by atoms with E-state index < -0.39 is 0 Å². The van der Waals surface area contributed by atoms with E-state index in [2.05, 4.69) is 0 Å². The fourth-order valence-electron chi connectivity index (χ4n) is 1.91. The second-order valence-corrected chi connectivity index (χ2v) is 5.17. The second-order valence-electron chi connectivity index (χ2n) is 4.36. The van der Waals surface area contributed by atoms with Gasteiger partial charge in [0, 0.05) is 12.0 Å². The van der Waals surface area contributed by atoms with Crippen molar-refractivity contribution in [1.82, 2.24) is 0 Å². The quantitative estimate of drug-likeness (QED) is 0.858. The first kappa shape index (κ1) is 14.1. The number of para-hydroxylation sites is 2. The minimum Gasteiger partial charge on any atom is -0.300 e. The summed E-state index contributed by atoms with van der Waals surface area (Å²) in [6.45, 7) is 1.58. The monoisotopic (exact) mass is 294 g/mol. The van der Waals surface area contributed by atoms with Crippen molar-refractivity contribution in [3.05, 3.63) is 58.1 Å². The van der Waals surface area contributed by atoms with Crippen LogP contribution < -0.4 is 5.32 Å².